The van der Waals surface area contributed by atoms with Crippen LogP contribution in [0.5, 0.6) is 0 Å². The molecule has 9 heteroatoms. The maximum Gasteiger partial charge on any atom is 0.361 e. The fourth-order valence-electron chi connectivity index (χ4n) is 8.95. The van der Waals surface area contributed by atoms with Crippen molar-refractivity contribution in [1.82, 2.24) is 0 Å². The Morgan fingerprint density at radius 2 is 0.731 bits per heavy atom. The Bertz CT molecular complexity index is 1550. The van der Waals surface area contributed by atoms with Crippen LogP contribution in [0, 0.1) is 0 Å². The van der Waals surface area contributed by atoms with Crippen LogP contribution in [-0.4, -0.2) is 87.4 Å². The van der Waals surface area contributed by atoms with Gasteiger partial charge in [-0.05, 0) is 89.9 Å². The monoisotopic (exact) mass is 1090 g/mol. The Morgan fingerprint density at radius 1 is 0.397 bits per heavy atom. The molecule has 0 aromatic carbocycles. The summed E-state index contributed by atoms with van der Waals surface area (Å²) in [6.07, 6.45) is 76.9. The summed E-state index contributed by atoms with van der Waals surface area (Å²) in [6.45, 7) is 4.77. The molecule has 0 saturated heterocycles. The quantitative estimate of drug-likeness (QED) is 0.0211. The molecule has 0 spiro atoms. The van der Waals surface area contributed by atoms with Crippen molar-refractivity contribution >= 4 is 17.9 Å². The van der Waals surface area contributed by atoms with Crippen LogP contribution in [0.15, 0.2) is 85.1 Å². The van der Waals surface area contributed by atoms with Crippen molar-refractivity contribution < 1.29 is 42.9 Å². The van der Waals surface area contributed by atoms with Gasteiger partial charge < -0.3 is 28.5 Å². The van der Waals surface area contributed by atoms with E-state index in [2.05, 4.69) is 98.9 Å². The fourth-order valence-corrected chi connectivity index (χ4v) is 8.95. The predicted octanol–water partition coefficient (Wildman–Crippen LogP) is 19.5. The molecule has 0 fully saturated rings. The van der Waals surface area contributed by atoms with Crippen molar-refractivity contribution in [3.8, 4) is 0 Å². The highest BCUT2D eigenvalue weighted by atomic mass is 16.7. The van der Waals surface area contributed by atoms with Crippen LogP contribution in [0.1, 0.15) is 277 Å². The number of carbonyl (C=O) groups is 3. The van der Waals surface area contributed by atoms with Crippen molar-refractivity contribution in [2.45, 2.75) is 289 Å². The number of quaternary nitrogens is 1. The van der Waals surface area contributed by atoms with E-state index in [1.165, 1.54) is 154 Å². The van der Waals surface area contributed by atoms with Crippen LogP contribution in [0.25, 0.3) is 0 Å². The number of carboxylic acid groups (broad SMARTS) is 1. The number of unbranched alkanes of at least 4 members (excludes halogenated alkanes) is 30. The van der Waals surface area contributed by atoms with Gasteiger partial charge in [-0.1, -0.05) is 259 Å². The molecule has 0 amide bonds. The first-order chi connectivity index (χ1) is 38.1. The molecule has 0 aliphatic heterocycles. The predicted molar refractivity (Wildman–Crippen MR) is 332 cm³/mol. The Labute approximate surface area is 480 Å². The van der Waals surface area contributed by atoms with E-state index < -0.39 is 24.3 Å². The first-order valence-corrected chi connectivity index (χ1v) is 32.3. The lowest BCUT2D eigenvalue weighted by atomic mass is 10.0. The summed E-state index contributed by atoms with van der Waals surface area (Å²) in [4.78, 5) is 37.5. The van der Waals surface area contributed by atoms with Crippen molar-refractivity contribution in [3.05, 3.63) is 85.1 Å². The molecule has 2 unspecified atom stereocenters. The molecule has 0 radical (unpaired) electrons. The topological polar surface area (TPSA) is 108 Å². The highest BCUT2D eigenvalue weighted by Crippen LogP contribution is 2.17. The smallest absolute Gasteiger partial charge is 0.361 e. The Hall–Kier alpha value is -3.53. The number of carbonyl (C=O) groups excluding carboxylic acids is 2. The molecule has 450 valence electrons. The van der Waals surface area contributed by atoms with Gasteiger partial charge in [0.25, 0.3) is 6.29 Å². The lowest BCUT2D eigenvalue weighted by molar-refractivity contribution is -0.870. The molecule has 0 aliphatic rings. The van der Waals surface area contributed by atoms with Gasteiger partial charge in [-0.15, -0.1) is 0 Å². The van der Waals surface area contributed by atoms with Crippen LogP contribution in [0.4, 0.5) is 0 Å². The zero-order valence-corrected chi connectivity index (χ0v) is 51.3. The third kappa shape index (κ3) is 60.1. The van der Waals surface area contributed by atoms with Crippen LogP contribution >= 0.6 is 0 Å². The van der Waals surface area contributed by atoms with Gasteiger partial charge in [0.15, 0.2) is 6.10 Å². The van der Waals surface area contributed by atoms with E-state index in [1.54, 1.807) is 0 Å². The minimum absolute atomic E-state index is 0.186. The second-order valence-corrected chi connectivity index (χ2v) is 22.7. The van der Waals surface area contributed by atoms with Crippen molar-refractivity contribution in [2.24, 2.45) is 0 Å². The molecule has 0 aliphatic carbocycles. The Balaban J connectivity index is 4.06. The van der Waals surface area contributed by atoms with Gasteiger partial charge >= 0.3 is 17.9 Å². The summed E-state index contributed by atoms with van der Waals surface area (Å²) in [5.41, 5.74) is 0. The molecule has 2 atom stereocenters. The van der Waals surface area contributed by atoms with Gasteiger partial charge in [-0.2, -0.15) is 0 Å². The lowest BCUT2D eigenvalue weighted by Gasteiger charge is -2.25. The SMILES string of the molecule is CC/C=C\C/C=C\C/C=C\C/C=C\C/C=C\C/C=C\CCCCCCCCCCCCCCCCCCCCC(=O)OC(COC(=O)CCCCCCC/C=C\CCCCCCCCC)COC(OCC[N+](C)(C)C)C(=O)O. The lowest BCUT2D eigenvalue weighted by Crippen LogP contribution is -2.40. The number of hydrogen-bond donors (Lipinski definition) is 1. The zero-order valence-electron chi connectivity index (χ0n) is 51.3. The van der Waals surface area contributed by atoms with Gasteiger partial charge in [-0.25, -0.2) is 4.79 Å². The number of esters is 2. The van der Waals surface area contributed by atoms with E-state index in [1.807, 2.05) is 21.1 Å². The highest BCUT2D eigenvalue weighted by Gasteiger charge is 2.25. The van der Waals surface area contributed by atoms with Gasteiger partial charge in [0.2, 0.25) is 0 Å². The number of rotatable bonds is 59. The molecule has 9 nitrogen and oxygen atoms in total. The normalized spacial score (nSPS) is 13.3. The molecule has 0 rings (SSSR count). The number of carboxylic acids is 1. The highest BCUT2D eigenvalue weighted by molar-refractivity contribution is 5.71. The Morgan fingerprint density at radius 3 is 1.10 bits per heavy atom. The van der Waals surface area contributed by atoms with Gasteiger partial charge in [-0.3, -0.25) is 9.59 Å². The molecule has 1 N–H and O–H groups in total. The van der Waals surface area contributed by atoms with E-state index in [0.29, 0.717) is 17.4 Å². The third-order valence-corrected chi connectivity index (χ3v) is 13.9. The van der Waals surface area contributed by atoms with E-state index in [0.717, 1.165) is 96.3 Å². The maximum atomic E-state index is 12.9. The summed E-state index contributed by atoms with van der Waals surface area (Å²) in [6, 6.07) is 0. The molecule has 0 heterocycles. The minimum Gasteiger partial charge on any atom is -0.477 e. The number of aliphatic carboxylic acids is 1. The van der Waals surface area contributed by atoms with Crippen LogP contribution in [0.3, 0.4) is 0 Å². The number of nitrogens with zero attached hydrogens (tertiary/aromatic N) is 1. The first-order valence-electron chi connectivity index (χ1n) is 32.3. The summed E-state index contributed by atoms with van der Waals surface area (Å²) in [7, 11) is 5.97. The standard InChI is InChI=1S/C69H121NO8/c1-6-8-10-12-14-16-18-20-22-24-25-26-27-28-29-30-31-32-33-34-35-36-37-38-39-40-41-42-43-44-46-48-50-52-54-56-58-60-67(72)78-65(64-77-69(68(73)74)75-62-61-70(3,4)5)63-76-66(71)59-57-55-53-51-49-47-45-23-21-19-17-15-13-11-9-7-2/h8,10,14,16,20,22-23,25-26,28-29,31-32,45,65,69H,6-7,9,11-13,15,17-19,21,24,27,30,33-44,46-64H2,1-5H3/p+1/b10-8-,16-14-,22-20-,26-25-,29-28-,32-31-,45-23-. The number of ether oxygens (including phenoxy) is 4. The molecule has 0 saturated carbocycles. The molecule has 78 heavy (non-hydrogen) atoms. The average Bonchev–Trinajstić information content (AvgIpc) is 3.41. The molecular formula is C69H122NO8+. The van der Waals surface area contributed by atoms with Gasteiger partial charge in [0.05, 0.1) is 34.4 Å². The minimum atomic E-state index is -1.51. The second-order valence-electron chi connectivity index (χ2n) is 22.7. The zero-order chi connectivity index (χ0) is 56.9. The van der Waals surface area contributed by atoms with Crippen molar-refractivity contribution in [1.29, 1.82) is 0 Å². The number of likely N-dealkylation sites (N-methyl/N-ethyl adjacent to an activating group) is 1. The summed E-state index contributed by atoms with van der Waals surface area (Å²) in [5, 5.41) is 9.71. The molecule has 0 aromatic rings. The first kappa shape index (κ1) is 74.5. The van der Waals surface area contributed by atoms with E-state index >= 15 is 0 Å². The largest absolute Gasteiger partial charge is 0.477 e. The van der Waals surface area contributed by atoms with Gasteiger partial charge in [0, 0.05) is 12.8 Å². The summed E-state index contributed by atoms with van der Waals surface area (Å²) >= 11 is 0. The molecule has 0 bridgehead atoms. The maximum absolute atomic E-state index is 12.9. The fraction of sp³-hybridized carbons (Fsp3) is 0.754. The summed E-state index contributed by atoms with van der Waals surface area (Å²) in [5.74, 6) is -2.01. The molecule has 0 aromatic heterocycles. The van der Waals surface area contributed by atoms with E-state index in [4.69, 9.17) is 18.9 Å². The second kappa shape index (κ2) is 59.6. The average molecular weight is 1090 g/mol. The van der Waals surface area contributed by atoms with Crippen molar-refractivity contribution in [3.63, 3.8) is 0 Å². The Kier molecular flexibility index (Phi) is 56.9. The summed E-state index contributed by atoms with van der Waals surface area (Å²) < 4.78 is 22.9. The number of hydrogen-bond acceptors (Lipinski definition) is 7. The van der Waals surface area contributed by atoms with E-state index in [-0.39, 0.29) is 32.2 Å². The van der Waals surface area contributed by atoms with Crippen LogP contribution in [-0.2, 0) is 33.3 Å². The van der Waals surface area contributed by atoms with E-state index in [9.17, 15) is 19.5 Å². The van der Waals surface area contributed by atoms with Crippen LogP contribution in [0.2, 0.25) is 0 Å². The number of allylic oxidation sites excluding steroid dienone is 14. The third-order valence-electron chi connectivity index (χ3n) is 13.9. The molecular weight excluding hydrogens is 971 g/mol. The van der Waals surface area contributed by atoms with Crippen LogP contribution < -0.4 is 0 Å². The van der Waals surface area contributed by atoms with Crippen molar-refractivity contribution in [2.75, 3.05) is 47.5 Å². The van der Waals surface area contributed by atoms with Gasteiger partial charge in [0.1, 0.15) is 13.2 Å².